The van der Waals surface area contributed by atoms with Crippen LogP contribution >= 0.6 is 24.0 Å². The summed E-state index contributed by atoms with van der Waals surface area (Å²) in [6, 6.07) is 0. The van der Waals surface area contributed by atoms with Crippen LogP contribution in [0.15, 0.2) is 9.72 Å². The van der Waals surface area contributed by atoms with Gasteiger partial charge in [0.05, 0.1) is 9.72 Å². The van der Waals surface area contributed by atoms with E-state index in [4.69, 9.17) is 5.73 Å². The molecule has 0 aliphatic heterocycles. The summed E-state index contributed by atoms with van der Waals surface area (Å²) < 4.78 is 0.509. The van der Waals surface area contributed by atoms with Gasteiger partial charge in [0.2, 0.25) is 0 Å². The number of hydrogen-bond acceptors (Lipinski definition) is 4. The van der Waals surface area contributed by atoms with E-state index in [9.17, 15) is 4.79 Å². The largest absolute Gasteiger partial charge is 1.00 e. The van der Waals surface area contributed by atoms with E-state index in [1.54, 1.807) is 0 Å². The van der Waals surface area contributed by atoms with Crippen LogP contribution in [0.5, 0.6) is 0 Å². The molecule has 48 valence electrons. The van der Waals surface area contributed by atoms with Crippen molar-refractivity contribution in [2.45, 2.75) is 4.21 Å². The number of aromatic nitrogens is 1. The Labute approximate surface area is 89.7 Å². The fraction of sp³-hybridized carbons (Fsp3) is 0. The average Bonchev–Trinajstić information content (AvgIpc) is 2.13. The molecule has 0 spiro atoms. The molecular formula is C4H3N2NaOS2. The van der Waals surface area contributed by atoms with Crippen LogP contribution in [0, 0.1) is 0 Å². The van der Waals surface area contributed by atoms with Gasteiger partial charge in [0.15, 0.2) is 0 Å². The van der Waals surface area contributed by atoms with Gasteiger partial charge in [-0.25, -0.2) is 4.98 Å². The van der Waals surface area contributed by atoms with Gasteiger partial charge in [-0.3, -0.25) is 0 Å². The number of nitrogens with one attached hydrogen (secondary N) is 1. The fourth-order valence-electron chi connectivity index (χ4n) is 0.396. The van der Waals surface area contributed by atoms with E-state index in [1.807, 2.05) is 0 Å². The Morgan fingerprint density at radius 2 is 2.40 bits per heavy atom. The van der Waals surface area contributed by atoms with Gasteiger partial charge in [-0.05, 0) is 0 Å². The molecule has 1 N–H and O–H groups in total. The molecule has 0 unspecified atom stereocenters. The number of amides is 1. The van der Waals surface area contributed by atoms with Gasteiger partial charge in [-0.2, -0.15) is 0 Å². The van der Waals surface area contributed by atoms with Crippen molar-refractivity contribution >= 4 is 29.9 Å². The average molecular weight is 182 g/mol. The minimum absolute atomic E-state index is 0. The zero-order valence-corrected chi connectivity index (χ0v) is 9.00. The summed E-state index contributed by atoms with van der Waals surface area (Å²) >= 11 is 5.15. The van der Waals surface area contributed by atoms with Crippen molar-refractivity contribution in [3.05, 3.63) is 16.9 Å². The van der Waals surface area contributed by atoms with Crippen molar-refractivity contribution in [2.24, 2.45) is 0 Å². The molecule has 0 aliphatic carbocycles. The smallest absolute Gasteiger partial charge is 0.662 e. The minimum atomic E-state index is -0.777. The van der Waals surface area contributed by atoms with Crippen LogP contribution in [0.2, 0.25) is 0 Å². The van der Waals surface area contributed by atoms with Gasteiger partial charge in [0.25, 0.3) is 0 Å². The normalized spacial score (nSPS) is 8.50. The van der Waals surface area contributed by atoms with Gasteiger partial charge in [-0.1, -0.05) is 0 Å². The second-order valence-corrected chi connectivity index (χ2v) is 2.94. The van der Waals surface area contributed by atoms with E-state index in [-0.39, 0.29) is 35.3 Å². The molecule has 0 fully saturated rings. The number of thiazole rings is 1. The van der Waals surface area contributed by atoms with E-state index >= 15 is 0 Å². The second kappa shape index (κ2) is 4.35. The van der Waals surface area contributed by atoms with E-state index in [2.05, 4.69) is 17.6 Å². The van der Waals surface area contributed by atoms with Crippen molar-refractivity contribution in [1.82, 2.24) is 4.98 Å². The Morgan fingerprint density at radius 3 is 2.60 bits per heavy atom. The summed E-state index contributed by atoms with van der Waals surface area (Å²) in [4.78, 5) is 13.9. The zero-order chi connectivity index (χ0) is 6.85. The standard InChI is InChI=1S/C4H4N2OS2.Na/c5-3(7)2-4(8)9-1-6-2;/h1H,(H3,5,7,8);/q;+1/p-1. The summed E-state index contributed by atoms with van der Waals surface area (Å²) in [7, 11) is 0. The maximum absolute atomic E-state index is 10.3. The van der Waals surface area contributed by atoms with Gasteiger partial charge < -0.3 is 10.5 Å². The van der Waals surface area contributed by atoms with Crippen LogP contribution in [-0.2, 0) is 0 Å². The van der Waals surface area contributed by atoms with E-state index in [1.165, 1.54) is 16.8 Å². The first-order valence-electron chi connectivity index (χ1n) is 2.10. The number of carbonyl (C=O) groups excluding carboxylic acids is 1. The Morgan fingerprint density at radius 1 is 1.80 bits per heavy atom. The molecule has 0 aromatic carbocycles. The number of rotatable bonds is 1. The van der Waals surface area contributed by atoms with Crippen molar-refractivity contribution in [3.8, 4) is 0 Å². The van der Waals surface area contributed by atoms with E-state index < -0.39 is 5.91 Å². The minimum Gasteiger partial charge on any atom is -0.662 e. The molecule has 3 nitrogen and oxygen atoms in total. The number of hydrogen-bond donors (Lipinski definition) is 1. The molecule has 1 rings (SSSR count). The van der Waals surface area contributed by atoms with Crippen molar-refractivity contribution in [1.29, 1.82) is 0 Å². The Kier molecular flexibility index (Phi) is 4.55. The third-order valence-corrected chi connectivity index (χ3v) is 1.92. The van der Waals surface area contributed by atoms with Crippen LogP contribution < -0.4 is 29.6 Å². The molecule has 1 heterocycles. The molecule has 1 aromatic rings. The first-order valence-corrected chi connectivity index (χ1v) is 3.43. The molecule has 10 heavy (non-hydrogen) atoms. The monoisotopic (exact) mass is 182 g/mol. The second-order valence-electron chi connectivity index (χ2n) is 1.34. The van der Waals surface area contributed by atoms with E-state index in [0.29, 0.717) is 4.21 Å². The molecule has 0 bridgehead atoms. The molecule has 1 aromatic heterocycles. The number of nitrogens with zero attached hydrogens (tertiary/aromatic N) is 1. The molecule has 0 radical (unpaired) electrons. The summed E-state index contributed by atoms with van der Waals surface area (Å²) in [5, 5.41) is 0. The summed E-state index contributed by atoms with van der Waals surface area (Å²) in [6.45, 7) is 0. The number of thiol groups is 1. The molecule has 6 heteroatoms. The van der Waals surface area contributed by atoms with Crippen LogP contribution in [0.25, 0.3) is 5.73 Å². The zero-order valence-electron chi connectivity index (χ0n) is 5.29. The third-order valence-electron chi connectivity index (χ3n) is 0.764. The molecule has 0 aliphatic rings. The van der Waals surface area contributed by atoms with Crippen molar-refractivity contribution < 1.29 is 34.4 Å². The molecule has 0 atom stereocenters. The quantitative estimate of drug-likeness (QED) is 0.430. The van der Waals surface area contributed by atoms with E-state index in [0.717, 1.165) is 0 Å². The number of carbonyl (C=O) groups is 1. The summed E-state index contributed by atoms with van der Waals surface area (Å²) in [5.74, 6) is -0.777. The fourth-order valence-corrected chi connectivity index (χ4v) is 1.21. The van der Waals surface area contributed by atoms with Crippen LogP contribution in [-0.4, -0.2) is 10.9 Å². The Bertz CT molecular complexity index is 237. The van der Waals surface area contributed by atoms with Crippen molar-refractivity contribution in [2.75, 3.05) is 0 Å². The predicted octanol–water partition coefficient (Wildman–Crippen LogP) is -1.37. The van der Waals surface area contributed by atoms with Gasteiger partial charge in [0, 0.05) is 0 Å². The van der Waals surface area contributed by atoms with Gasteiger partial charge in [-0.15, -0.1) is 24.0 Å². The Balaban J connectivity index is 0.000000810. The Hall–Kier alpha value is 0.450. The summed E-state index contributed by atoms with van der Waals surface area (Å²) in [6.07, 6.45) is 0. The molecule has 1 amide bonds. The molecule has 0 saturated carbocycles. The van der Waals surface area contributed by atoms with Crippen LogP contribution in [0.1, 0.15) is 10.5 Å². The summed E-state index contributed by atoms with van der Waals surface area (Å²) in [5.41, 5.74) is 8.26. The predicted molar refractivity (Wildman–Crippen MR) is 38.0 cm³/mol. The first-order chi connectivity index (χ1) is 4.22. The molecular weight excluding hydrogens is 179 g/mol. The topological polar surface area (TPSA) is 53.8 Å². The van der Waals surface area contributed by atoms with Crippen molar-refractivity contribution in [3.63, 3.8) is 0 Å². The van der Waals surface area contributed by atoms with Gasteiger partial charge in [0.1, 0.15) is 11.6 Å². The molecule has 0 saturated heterocycles. The first kappa shape index (κ1) is 10.4. The SMILES string of the molecule is [NH-]C(=O)c1ncsc1S.[Na+]. The van der Waals surface area contributed by atoms with Gasteiger partial charge >= 0.3 is 29.6 Å². The van der Waals surface area contributed by atoms with Crippen LogP contribution in [0.3, 0.4) is 0 Å². The van der Waals surface area contributed by atoms with Crippen LogP contribution in [0.4, 0.5) is 0 Å². The maximum atomic E-state index is 10.3. The maximum Gasteiger partial charge on any atom is 1.00 e. The third kappa shape index (κ3) is 2.25.